The Morgan fingerprint density at radius 2 is 1.94 bits per heavy atom. The van der Waals surface area contributed by atoms with Crippen LogP contribution in [0.2, 0.25) is 5.28 Å². The molecule has 0 bridgehead atoms. The summed E-state index contributed by atoms with van der Waals surface area (Å²) in [6.45, 7) is 0. The molecule has 1 fully saturated rings. The Balaban J connectivity index is 2.12. The van der Waals surface area contributed by atoms with E-state index >= 15 is 0 Å². The summed E-state index contributed by atoms with van der Waals surface area (Å²) >= 11 is 5.86. The molecule has 1 aromatic heterocycles. The fourth-order valence-electron chi connectivity index (χ4n) is 2.05. The smallest absolute Gasteiger partial charge is 0.230 e. The molecule has 18 heavy (non-hydrogen) atoms. The van der Waals surface area contributed by atoms with E-state index in [9.17, 15) is 5.11 Å². The first-order valence-electron chi connectivity index (χ1n) is 6.10. The highest BCUT2D eigenvalue weighted by atomic mass is 35.5. The van der Waals surface area contributed by atoms with Crippen molar-refractivity contribution in [3.8, 4) is 0 Å². The third-order valence-electron chi connectivity index (χ3n) is 3.04. The number of aromatic nitrogens is 3. The van der Waals surface area contributed by atoms with Gasteiger partial charge in [0.05, 0.1) is 12.1 Å². The standard InChI is InChI=1S/C11H18ClN5O/c1-17(2)11-15-9(12)14-10(16-11)13-7-5-3-4-6-8(7)18/h7-8,18H,3-6H2,1-2H3,(H,13,14,15,16). The molecule has 2 atom stereocenters. The molecule has 1 aromatic rings. The third kappa shape index (κ3) is 3.20. The van der Waals surface area contributed by atoms with Gasteiger partial charge in [0.1, 0.15) is 0 Å². The molecule has 0 radical (unpaired) electrons. The van der Waals surface area contributed by atoms with E-state index in [1.807, 2.05) is 14.1 Å². The van der Waals surface area contributed by atoms with E-state index < -0.39 is 0 Å². The van der Waals surface area contributed by atoms with Crippen LogP contribution in [0.15, 0.2) is 0 Å². The van der Waals surface area contributed by atoms with E-state index in [1.165, 1.54) is 0 Å². The first kappa shape index (κ1) is 13.3. The van der Waals surface area contributed by atoms with Gasteiger partial charge in [-0.3, -0.25) is 0 Å². The number of halogens is 1. The van der Waals surface area contributed by atoms with Crippen LogP contribution in [0, 0.1) is 0 Å². The zero-order valence-electron chi connectivity index (χ0n) is 10.6. The molecule has 6 nitrogen and oxygen atoms in total. The number of anilines is 2. The van der Waals surface area contributed by atoms with E-state index in [0.717, 1.165) is 25.7 Å². The molecule has 0 aliphatic heterocycles. The van der Waals surface area contributed by atoms with Crippen LogP contribution in [0.1, 0.15) is 25.7 Å². The Bertz CT molecular complexity index is 414. The van der Waals surface area contributed by atoms with Crippen molar-refractivity contribution >= 4 is 23.5 Å². The van der Waals surface area contributed by atoms with Crippen molar-refractivity contribution in [1.29, 1.82) is 0 Å². The van der Waals surface area contributed by atoms with Crippen molar-refractivity contribution in [3.63, 3.8) is 0 Å². The number of hydrogen-bond donors (Lipinski definition) is 2. The lowest BCUT2D eigenvalue weighted by Crippen LogP contribution is -2.37. The van der Waals surface area contributed by atoms with E-state index in [2.05, 4.69) is 20.3 Å². The summed E-state index contributed by atoms with van der Waals surface area (Å²) in [4.78, 5) is 14.1. The molecule has 1 aliphatic rings. The van der Waals surface area contributed by atoms with Crippen LogP contribution in [0.5, 0.6) is 0 Å². The van der Waals surface area contributed by atoms with Crippen molar-refractivity contribution in [1.82, 2.24) is 15.0 Å². The monoisotopic (exact) mass is 271 g/mol. The highest BCUT2D eigenvalue weighted by Crippen LogP contribution is 2.21. The maximum absolute atomic E-state index is 9.90. The molecule has 7 heteroatoms. The lowest BCUT2D eigenvalue weighted by molar-refractivity contribution is 0.116. The number of aliphatic hydroxyl groups excluding tert-OH is 1. The fourth-order valence-corrected chi connectivity index (χ4v) is 2.21. The number of nitrogens with zero attached hydrogens (tertiary/aromatic N) is 4. The second-order valence-electron chi connectivity index (χ2n) is 4.73. The SMILES string of the molecule is CN(C)c1nc(Cl)nc(NC2CCCCC2O)n1. The lowest BCUT2D eigenvalue weighted by Gasteiger charge is -2.28. The molecule has 0 amide bonds. The van der Waals surface area contributed by atoms with Crippen LogP contribution in [-0.4, -0.2) is 46.3 Å². The van der Waals surface area contributed by atoms with Gasteiger partial charge in [-0.15, -0.1) is 0 Å². The molecule has 2 N–H and O–H groups in total. The van der Waals surface area contributed by atoms with E-state index in [4.69, 9.17) is 11.6 Å². The largest absolute Gasteiger partial charge is 0.391 e. The van der Waals surface area contributed by atoms with Crippen molar-refractivity contribution in [2.24, 2.45) is 0 Å². The molecule has 100 valence electrons. The number of nitrogens with one attached hydrogen (secondary N) is 1. The number of rotatable bonds is 3. The average Bonchev–Trinajstić information content (AvgIpc) is 2.31. The van der Waals surface area contributed by atoms with Crippen LogP contribution in [0.3, 0.4) is 0 Å². The Hall–Kier alpha value is -1.14. The molecule has 2 rings (SSSR count). The molecule has 1 aliphatic carbocycles. The molecule has 0 saturated heterocycles. The summed E-state index contributed by atoms with van der Waals surface area (Å²) in [5, 5.41) is 13.2. The summed E-state index contributed by atoms with van der Waals surface area (Å²) < 4.78 is 0. The van der Waals surface area contributed by atoms with Crippen LogP contribution >= 0.6 is 11.6 Å². The van der Waals surface area contributed by atoms with Gasteiger partial charge in [0, 0.05) is 14.1 Å². The van der Waals surface area contributed by atoms with Gasteiger partial charge in [0.2, 0.25) is 17.2 Å². The van der Waals surface area contributed by atoms with Crippen molar-refractivity contribution in [2.45, 2.75) is 37.8 Å². The normalized spacial score (nSPS) is 23.8. The van der Waals surface area contributed by atoms with Gasteiger partial charge in [0.15, 0.2) is 0 Å². The zero-order chi connectivity index (χ0) is 13.1. The van der Waals surface area contributed by atoms with Crippen molar-refractivity contribution in [2.75, 3.05) is 24.3 Å². The summed E-state index contributed by atoms with van der Waals surface area (Å²) in [6, 6.07) is -0.00720. The highest BCUT2D eigenvalue weighted by Gasteiger charge is 2.23. The second-order valence-corrected chi connectivity index (χ2v) is 5.06. The number of aliphatic hydroxyl groups is 1. The second kappa shape index (κ2) is 5.67. The maximum Gasteiger partial charge on any atom is 0.230 e. The van der Waals surface area contributed by atoms with Gasteiger partial charge in [0.25, 0.3) is 0 Å². The van der Waals surface area contributed by atoms with Gasteiger partial charge in [-0.1, -0.05) is 12.8 Å². The highest BCUT2D eigenvalue weighted by molar-refractivity contribution is 6.28. The zero-order valence-corrected chi connectivity index (χ0v) is 11.4. The Kier molecular flexibility index (Phi) is 4.19. The molecule has 0 spiro atoms. The van der Waals surface area contributed by atoms with Gasteiger partial charge in [-0.25, -0.2) is 0 Å². The predicted molar refractivity (Wildman–Crippen MR) is 71.0 cm³/mol. The van der Waals surface area contributed by atoms with Gasteiger partial charge >= 0.3 is 0 Å². The minimum absolute atomic E-state index is 0.00720. The summed E-state index contributed by atoms with van der Waals surface area (Å²) in [5.41, 5.74) is 0. The van der Waals surface area contributed by atoms with Crippen LogP contribution in [-0.2, 0) is 0 Å². The first-order valence-corrected chi connectivity index (χ1v) is 6.47. The van der Waals surface area contributed by atoms with E-state index in [-0.39, 0.29) is 17.4 Å². The lowest BCUT2D eigenvalue weighted by atomic mass is 9.93. The van der Waals surface area contributed by atoms with Gasteiger partial charge in [-0.05, 0) is 24.4 Å². The van der Waals surface area contributed by atoms with Crippen LogP contribution in [0.25, 0.3) is 0 Å². The average molecular weight is 272 g/mol. The summed E-state index contributed by atoms with van der Waals surface area (Å²) in [5.74, 6) is 0.924. The molecule has 1 saturated carbocycles. The molecule has 1 heterocycles. The van der Waals surface area contributed by atoms with Gasteiger partial charge in [-0.2, -0.15) is 15.0 Å². The summed E-state index contributed by atoms with van der Waals surface area (Å²) in [6.07, 6.45) is 3.56. The Labute approximate surface area is 111 Å². The predicted octanol–water partition coefficient (Wildman–Crippen LogP) is 1.31. The van der Waals surface area contributed by atoms with Gasteiger partial charge < -0.3 is 15.3 Å². The quantitative estimate of drug-likeness (QED) is 0.863. The van der Waals surface area contributed by atoms with Crippen LogP contribution in [0.4, 0.5) is 11.9 Å². The molecular weight excluding hydrogens is 254 g/mol. The molecule has 2 unspecified atom stereocenters. The Morgan fingerprint density at radius 1 is 1.22 bits per heavy atom. The topological polar surface area (TPSA) is 74.2 Å². The fraction of sp³-hybridized carbons (Fsp3) is 0.727. The number of hydrogen-bond acceptors (Lipinski definition) is 6. The minimum Gasteiger partial charge on any atom is -0.391 e. The summed E-state index contributed by atoms with van der Waals surface area (Å²) in [7, 11) is 3.68. The third-order valence-corrected chi connectivity index (χ3v) is 3.21. The molecule has 0 aromatic carbocycles. The maximum atomic E-state index is 9.90. The Morgan fingerprint density at radius 3 is 2.61 bits per heavy atom. The van der Waals surface area contributed by atoms with E-state index in [0.29, 0.717) is 11.9 Å². The van der Waals surface area contributed by atoms with Crippen molar-refractivity contribution in [3.05, 3.63) is 5.28 Å². The van der Waals surface area contributed by atoms with Crippen molar-refractivity contribution < 1.29 is 5.11 Å². The first-order chi connectivity index (χ1) is 8.56. The van der Waals surface area contributed by atoms with Crippen LogP contribution < -0.4 is 10.2 Å². The minimum atomic E-state index is -0.350. The van der Waals surface area contributed by atoms with E-state index in [1.54, 1.807) is 4.90 Å². The molecular formula is C11H18ClN5O.